The van der Waals surface area contributed by atoms with E-state index in [9.17, 15) is 90.1 Å². The molecule has 3 aliphatic carbocycles. The number of thiazole rings is 1. The number of para-hydroxylation sites is 1. The number of alkyl halides is 3. The highest BCUT2D eigenvalue weighted by molar-refractivity contribution is 7.10. The first-order valence-electron chi connectivity index (χ1n) is 49.5. The number of hydrogen-bond acceptors (Lipinski definition) is 17. The molecule has 34 heteroatoms. The van der Waals surface area contributed by atoms with Crippen molar-refractivity contribution in [2.75, 3.05) is 58.2 Å². The zero-order valence-electron chi connectivity index (χ0n) is 81.4. The lowest BCUT2D eigenvalue weighted by Crippen LogP contribution is -2.55. The molecule has 0 spiro atoms. The molecule has 150 heavy (non-hydrogen) atoms. The second kappa shape index (κ2) is 41.7. The molecule has 0 radical (unpaired) electrons. The van der Waals surface area contributed by atoms with E-state index in [1.807, 2.05) is 86.3 Å². The van der Waals surface area contributed by atoms with Gasteiger partial charge in [-0.2, -0.15) is 13.2 Å². The number of halogens is 10. The standard InChI is InChI=1S/C22H24ClNO2.C21H22ClNO2.C20H20ClNO2.C18H11F3N2O2S.C18H16F2N2O3.C17H11F2N3O2/c1-14-8-13-18-20(19(14)23)24-21(26)22(18,15-6-4-2-3-5-7-15)16-9-11-17(25)12-10-16;1-13-7-12-17-19(18(13)22)23-20(25)21(17,14-5-3-2-4-6-14)15-8-10-16(24)11-9-15;1-12-6-11-16-18(17(12)21)22-19(24)20(16,13-4-2-3-5-13)14-7-9-15(23)10-8-14;19-18(20,21)13-3-1-2-12-14(13)23-15(25)17(12,16-22-8-9-26-16)10-4-6-11(24)7-5-10;19-14-6-5-13-16(15(14)20)21-17(24)18(13,22-7-9-25-10-8-22)11-1-3-12(23)4-2-11;18-13-6-5-12-15(14(13)19)21-16(24)17(12,22-8-7-20-9-22)10-1-3-11(23)4-2-10/h8-13,15,25H,2-7H2,1H3,(H,24,26);7-12,14,24H,2-6H2,1H3,(H,23,25);6-11,13,23H,2-5H2,1H3,(H,22,24);1-9,24H,(H,23,25);1-6,23H,7-10H2,(H,21,24);1-9,23H,(H,21,24). The van der Waals surface area contributed by atoms with Gasteiger partial charge in [0.1, 0.15) is 55.7 Å². The molecule has 1 saturated heterocycles. The van der Waals surface area contributed by atoms with Gasteiger partial charge in [-0.1, -0.05) is 226 Å². The molecular weight excluding hydrogens is 2010 g/mol. The van der Waals surface area contributed by atoms with Gasteiger partial charge in [-0.05, 0) is 235 Å². The van der Waals surface area contributed by atoms with Gasteiger partial charge in [0.05, 0.1) is 74.3 Å². The van der Waals surface area contributed by atoms with Crippen molar-refractivity contribution in [3.8, 4) is 34.5 Å². The number of aryl methyl sites for hydroxylation is 3. The van der Waals surface area contributed by atoms with E-state index >= 15 is 0 Å². The molecule has 3 saturated carbocycles. The molecule has 6 unspecified atom stereocenters. The predicted octanol–water partition coefficient (Wildman–Crippen LogP) is 24.5. The number of fused-ring (bicyclic) bond motifs is 6. The van der Waals surface area contributed by atoms with Crippen LogP contribution in [-0.2, 0) is 72.4 Å². The van der Waals surface area contributed by atoms with Crippen LogP contribution in [0.25, 0.3) is 0 Å². The van der Waals surface area contributed by atoms with E-state index in [0.29, 0.717) is 68.6 Å². The number of rotatable bonds is 12. The van der Waals surface area contributed by atoms with Crippen LogP contribution in [0, 0.1) is 61.8 Å². The van der Waals surface area contributed by atoms with E-state index in [-0.39, 0.29) is 98.2 Å². The molecule has 9 heterocycles. The Bertz CT molecular complexity index is 7390. The van der Waals surface area contributed by atoms with Gasteiger partial charge in [0.15, 0.2) is 39.8 Å². The summed E-state index contributed by atoms with van der Waals surface area (Å²) in [5.41, 5.74) is 5.35. The van der Waals surface area contributed by atoms with E-state index in [1.165, 1.54) is 127 Å². The number of hydrogen-bond donors (Lipinski definition) is 12. The minimum absolute atomic E-state index is 0.00240. The van der Waals surface area contributed by atoms with Gasteiger partial charge in [0.25, 0.3) is 11.8 Å². The lowest BCUT2D eigenvalue weighted by molar-refractivity contribution is -0.137. The quantitative estimate of drug-likeness (QED) is 0.0399. The second-order valence-corrected chi connectivity index (χ2v) is 41.2. The number of carbonyl (C=O) groups is 6. The number of ether oxygens (including phenoxy) is 1. The fraction of sp³-hybridized carbons (Fsp3) is 0.276. The zero-order chi connectivity index (χ0) is 106. The number of amides is 6. The normalized spacial score (nSPS) is 22.0. The third kappa shape index (κ3) is 17.6. The molecule has 4 fully saturated rings. The van der Waals surface area contributed by atoms with Crippen molar-refractivity contribution in [3.05, 3.63) is 387 Å². The third-order valence-corrected chi connectivity index (χ3v) is 33.5. The minimum atomic E-state index is -4.60. The first kappa shape index (κ1) is 104. The van der Waals surface area contributed by atoms with Gasteiger partial charge >= 0.3 is 6.18 Å². The summed E-state index contributed by atoms with van der Waals surface area (Å²) in [5, 5.41) is 78.3. The topological polar surface area (TPSA) is 339 Å². The molecule has 6 amide bonds. The average Bonchev–Trinajstić information content (AvgIpc) is 1.57. The van der Waals surface area contributed by atoms with E-state index in [0.717, 1.165) is 162 Å². The fourth-order valence-corrected chi connectivity index (χ4v) is 25.6. The number of phenols is 6. The van der Waals surface area contributed by atoms with Crippen LogP contribution in [0.1, 0.15) is 190 Å². The van der Waals surface area contributed by atoms with E-state index in [2.05, 4.69) is 54.0 Å². The van der Waals surface area contributed by atoms with Crippen LogP contribution >= 0.6 is 46.1 Å². The van der Waals surface area contributed by atoms with Crippen molar-refractivity contribution in [2.45, 2.75) is 156 Å². The van der Waals surface area contributed by atoms with Gasteiger partial charge in [-0.15, -0.1) is 11.3 Å². The number of phenolic OH excluding ortho intramolecular Hbond substituents is 6. The monoisotopic (exact) mass is 2110 g/mol. The Morgan fingerprint density at radius 2 is 0.700 bits per heavy atom. The lowest BCUT2D eigenvalue weighted by Gasteiger charge is -2.42. The predicted molar refractivity (Wildman–Crippen MR) is 559 cm³/mol. The minimum Gasteiger partial charge on any atom is -0.508 e. The Labute approximate surface area is 877 Å². The highest BCUT2D eigenvalue weighted by Gasteiger charge is 2.61. The summed E-state index contributed by atoms with van der Waals surface area (Å²) >= 11 is 20.8. The van der Waals surface area contributed by atoms with Crippen molar-refractivity contribution in [1.29, 1.82) is 0 Å². The summed E-state index contributed by atoms with van der Waals surface area (Å²) in [5.74, 6) is -4.36. The van der Waals surface area contributed by atoms with Gasteiger partial charge in [-0.3, -0.25) is 33.7 Å². The number of imidazole rings is 1. The number of aromatic hydroxyl groups is 6. The van der Waals surface area contributed by atoms with Gasteiger partial charge in [0.2, 0.25) is 23.6 Å². The van der Waals surface area contributed by atoms with E-state index < -0.39 is 85.5 Å². The molecule has 10 aliphatic rings. The first-order chi connectivity index (χ1) is 72.1. The van der Waals surface area contributed by atoms with E-state index in [1.54, 1.807) is 72.2 Å². The average molecular weight is 2120 g/mol. The van der Waals surface area contributed by atoms with Crippen molar-refractivity contribution < 1.29 is 94.9 Å². The molecule has 12 N–H and O–H groups in total. The van der Waals surface area contributed by atoms with Gasteiger partial charge < -0.3 is 71.8 Å². The summed E-state index contributed by atoms with van der Waals surface area (Å²) < 4.78 is 103. The smallest absolute Gasteiger partial charge is 0.418 e. The highest BCUT2D eigenvalue weighted by Crippen LogP contribution is 2.61. The van der Waals surface area contributed by atoms with Crippen molar-refractivity contribution >= 4 is 116 Å². The maximum absolute atomic E-state index is 14.3. The molecule has 12 aromatic carbocycles. The fourth-order valence-electron chi connectivity index (χ4n) is 24.1. The van der Waals surface area contributed by atoms with Crippen molar-refractivity contribution in [3.63, 3.8) is 0 Å². The largest absolute Gasteiger partial charge is 0.508 e. The van der Waals surface area contributed by atoms with Crippen LogP contribution < -0.4 is 31.9 Å². The summed E-state index contributed by atoms with van der Waals surface area (Å²) in [6, 6.07) is 60.0. The number of nitrogens with zero attached hydrogens (tertiary/aromatic N) is 4. The highest BCUT2D eigenvalue weighted by atomic mass is 35.5. The van der Waals surface area contributed by atoms with Crippen molar-refractivity contribution in [2.24, 2.45) is 17.8 Å². The summed E-state index contributed by atoms with van der Waals surface area (Å²) in [6.07, 6.45) is 18.1. The molecule has 0 bridgehead atoms. The number of morpholine rings is 1. The second-order valence-electron chi connectivity index (χ2n) is 39.2. The van der Waals surface area contributed by atoms with Crippen molar-refractivity contribution in [1.82, 2.24) is 19.4 Å². The van der Waals surface area contributed by atoms with Crippen LogP contribution in [0.3, 0.4) is 0 Å². The zero-order valence-corrected chi connectivity index (χ0v) is 84.5. The Morgan fingerprint density at radius 1 is 0.367 bits per heavy atom. The Hall–Kier alpha value is -14.6. The molecule has 7 aliphatic heterocycles. The van der Waals surface area contributed by atoms with Crippen LogP contribution in [-0.4, -0.2) is 112 Å². The van der Waals surface area contributed by atoms with Gasteiger partial charge in [0, 0.05) is 53.8 Å². The Kier molecular flexibility index (Phi) is 28.9. The Morgan fingerprint density at radius 3 is 1.07 bits per heavy atom. The van der Waals surface area contributed by atoms with Crippen LogP contribution in [0.5, 0.6) is 34.5 Å². The SMILES string of the molecule is Cc1ccc2c(c1Cl)NC(=O)C2(c1ccc(O)cc1)C1CCCC1.Cc1ccc2c(c1Cl)NC(=O)C2(c1ccc(O)cc1)C1CCCCC1.Cc1ccc2c(c1Cl)NC(=O)C2(c1ccc(O)cc1)C1CCCCCC1.O=C1Nc2c(C(F)(F)F)cccc2C1(c1ccc(O)cc1)c1nccs1.O=C1Nc2c(ccc(F)c2F)C1(c1ccc(O)cc1)N1CCOCC1.O=C1Nc2c(ccc(F)c2F)C1(c1ccc(O)cc1)n1ccnc1. The lowest BCUT2D eigenvalue weighted by atomic mass is 9.62. The Balaban J connectivity index is 0.000000113. The summed E-state index contributed by atoms with van der Waals surface area (Å²) in [4.78, 5) is 89.2. The first-order valence-corrected chi connectivity index (χ1v) is 51.5. The molecule has 6 atom stereocenters. The number of nitrogens with one attached hydrogen (secondary N) is 6. The molecule has 24 rings (SSSR count). The molecule has 23 nitrogen and oxygen atoms in total. The molecule has 14 aromatic rings. The van der Waals surface area contributed by atoms with E-state index in [4.69, 9.17) is 39.5 Å². The van der Waals surface area contributed by atoms with Crippen LogP contribution in [0.4, 0.5) is 64.9 Å². The molecule has 2 aromatic heterocycles. The maximum atomic E-state index is 14.3. The number of carbonyl (C=O) groups excluding carboxylic acids is 6. The van der Waals surface area contributed by atoms with Crippen LogP contribution in [0.2, 0.25) is 15.1 Å². The maximum Gasteiger partial charge on any atom is 0.418 e. The summed E-state index contributed by atoms with van der Waals surface area (Å²) in [7, 11) is 0. The summed E-state index contributed by atoms with van der Waals surface area (Å²) in [6.45, 7) is 7.67. The molecular formula is C116H104Cl3F7N10O13S. The third-order valence-electron chi connectivity index (χ3n) is 31.1. The number of anilines is 6. The number of aromatic nitrogens is 3. The molecule has 772 valence electrons. The van der Waals surface area contributed by atoms with Crippen LogP contribution in [0.15, 0.2) is 255 Å². The number of benzene rings is 12. The van der Waals surface area contributed by atoms with Gasteiger partial charge in [-0.25, -0.2) is 27.5 Å².